The Morgan fingerprint density at radius 3 is 2.23 bits per heavy atom. The average molecular weight is 802 g/mol. The van der Waals surface area contributed by atoms with Gasteiger partial charge in [-0.15, -0.1) is 48.0 Å². The molecule has 0 atom stereocenters. The smallest absolute Gasteiger partial charge is 0.267 e. The van der Waals surface area contributed by atoms with Crippen molar-refractivity contribution in [3.8, 4) is 17.1 Å². The molecular weight excluding hydrogens is 759 g/mol. The fourth-order valence-corrected chi connectivity index (χ4v) is 7.44. The van der Waals surface area contributed by atoms with Crippen molar-refractivity contribution in [2.75, 3.05) is 0 Å². The van der Waals surface area contributed by atoms with Gasteiger partial charge in [0.15, 0.2) is 0 Å². The number of imidazole rings is 1. The van der Waals surface area contributed by atoms with E-state index >= 15 is 0 Å². The van der Waals surface area contributed by atoms with E-state index < -0.39 is 0 Å². The molecule has 6 nitrogen and oxygen atoms in total. The summed E-state index contributed by atoms with van der Waals surface area (Å²) in [5, 5.41) is 0.806. The van der Waals surface area contributed by atoms with Crippen molar-refractivity contribution in [1.29, 1.82) is 0 Å². The molecule has 0 bridgehead atoms. The quantitative estimate of drug-likeness (QED) is 0.130. The second-order valence-corrected chi connectivity index (χ2v) is 15.0. The SMILES string of the molecule is CC(C)(C)c1c[c-]c2c(ccn3c4c(c(=O)nc23)C(C)(C)CC4(C)C)n1.Cc1cc(C)c(-n2ccnc2-c2[c-]cccc2)c(C)c1.[Ir]. The van der Waals surface area contributed by atoms with E-state index in [1.807, 2.05) is 55.0 Å². The Morgan fingerprint density at radius 1 is 0.894 bits per heavy atom. The van der Waals surface area contributed by atoms with Crippen LogP contribution in [0.1, 0.15) is 88.5 Å². The van der Waals surface area contributed by atoms with Crippen LogP contribution in [0.15, 0.2) is 71.9 Å². The van der Waals surface area contributed by atoms with Crippen molar-refractivity contribution >= 4 is 16.6 Å². The molecule has 245 valence electrons. The Balaban J connectivity index is 0.000000187. The Hall–Kier alpha value is -3.93. The number of pyridine rings is 2. The standard InChI is InChI=1S/C22H26N3O.C18H17N2.Ir/c1-20(2,3)15-9-8-13-14(23-15)10-11-25-17-16(19(26)24-18(13)25)21(4,5)12-22(17,6)7;1-13-11-14(2)17(15(3)12-13)20-10-9-19-18(20)16-7-5-4-6-8-16;/h9-11H,12H2,1-7H3;4-7,9-12H,1-3H3;/q2*-1;. The van der Waals surface area contributed by atoms with E-state index in [9.17, 15) is 4.79 Å². The van der Waals surface area contributed by atoms with E-state index in [0.29, 0.717) is 5.65 Å². The van der Waals surface area contributed by atoms with Crippen LogP contribution in [0.3, 0.4) is 0 Å². The van der Waals surface area contributed by atoms with Crippen LogP contribution in [0.4, 0.5) is 0 Å². The normalized spacial score (nSPS) is 14.8. The van der Waals surface area contributed by atoms with E-state index in [-0.39, 0.29) is 41.9 Å². The van der Waals surface area contributed by atoms with Gasteiger partial charge in [0.2, 0.25) is 0 Å². The maximum atomic E-state index is 12.9. The first-order valence-corrected chi connectivity index (χ1v) is 16.0. The van der Waals surface area contributed by atoms with Crippen molar-refractivity contribution in [2.24, 2.45) is 0 Å². The summed E-state index contributed by atoms with van der Waals surface area (Å²) in [4.78, 5) is 26.7. The third-order valence-corrected chi connectivity index (χ3v) is 9.02. The molecule has 2 aromatic carbocycles. The molecule has 1 aliphatic carbocycles. The van der Waals surface area contributed by atoms with Crippen molar-refractivity contribution in [2.45, 2.75) is 91.9 Å². The number of benzene rings is 2. The van der Waals surface area contributed by atoms with Gasteiger partial charge < -0.3 is 14.0 Å². The van der Waals surface area contributed by atoms with Crippen LogP contribution in [-0.2, 0) is 36.4 Å². The summed E-state index contributed by atoms with van der Waals surface area (Å²) in [5.74, 6) is 0.931. The molecule has 1 aliphatic rings. The second kappa shape index (κ2) is 12.3. The topological polar surface area (TPSA) is 65.1 Å². The fourth-order valence-electron chi connectivity index (χ4n) is 7.44. The number of aryl methyl sites for hydroxylation is 3. The maximum absolute atomic E-state index is 12.9. The molecule has 7 rings (SSSR count). The summed E-state index contributed by atoms with van der Waals surface area (Å²) >= 11 is 0. The van der Waals surface area contributed by atoms with Crippen LogP contribution in [0.5, 0.6) is 0 Å². The number of nitrogens with zero attached hydrogens (tertiary/aromatic N) is 5. The van der Waals surface area contributed by atoms with E-state index in [2.05, 4.69) is 112 Å². The van der Waals surface area contributed by atoms with Crippen LogP contribution in [0.25, 0.3) is 33.6 Å². The molecule has 0 spiro atoms. The first kappa shape index (κ1) is 34.4. The molecule has 0 fully saturated rings. The number of fused-ring (bicyclic) bond motifs is 5. The van der Waals surface area contributed by atoms with Gasteiger partial charge in [0.05, 0.1) is 11.5 Å². The van der Waals surface area contributed by atoms with Crippen molar-refractivity contribution in [1.82, 2.24) is 23.9 Å². The monoisotopic (exact) mass is 802 g/mol. The maximum Gasteiger partial charge on any atom is 0.267 e. The molecular formula is C40H43IrN5O-2. The Bertz CT molecular complexity index is 2140. The number of aromatic nitrogens is 5. The molecule has 4 heterocycles. The number of rotatable bonds is 2. The molecule has 1 radical (unpaired) electrons. The van der Waals surface area contributed by atoms with Crippen molar-refractivity contribution in [3.05, 3.63) is 123 Å². The molecule has 0 N–H and O–H groups in total. The van der Waals surface area contributed by atoms with Gasteiger partial charge >= 0.3 is 0 Å². The first-order valence-electron chi connectivity index (χ1n) is 16.0. The minimum absolute atomic E-state index is 0. The molecule has 0 saturated carbocycles. The molecule has 0 saturated heterocycles. The van der Waals surface area contributed by atoms with Gasteiger partial charge in [0.25, 0.3) is 5.56 Å². The van der Waals surface area contributed by atoms with E-state index in [4.69, 9.17) is 4.98 Å². The van der Waals surface area contributed by atoms with Crippen LogP contribution in [0.2, 0.25) is 0 Å². The van der Waals surface area contributed by atoms with Gasteiger partial charge in [-0.2, -0.15) is 0 Å². The van der Waals surface area contributed by atoms with Gasteiger partial charge in [-0.05, 0) is 66.6 Å². The zero-order chi connectivity index (χ0) is 33.2. The molecule has 7 heteroatoms. The zero-order valence-corrected chi connectivity index (χ0v) is 31.4. The fraction of sp³-hybridized carbons (Fsp3) is 0.350. The largest absolute Gasteiger partial charge is 0.348 e. The molecule has 47 heavy (non-hydrogen) atoms. The van der Waals surface area contributed by atoms with Gasteiger partial charge in [-0.1, -0.05) is 77.6 Å². The minimum Gasteiger partial charge on any atom is -0.348 e. The molecule has 0 unspecified atom stereocenters. The van der Waals surface area contributed by atoms with Crippen LogP contribution in [-0.4, -0.2) is 23.9 Å². The molecule has 0 amide bonds. The predicted molar refractivity (Wildman–Crippen MR) is 187 cm³/mol. The summed E-state index contributed by atoms with van der Waals surface area (Å²) < 4.78 is 4.23. The van der Waals surface area contributed by atoms with Crippen LogP contribution in [0, 0.1) is 32.9 Å². The minimum atomic E-state index is -0.170. The Labute approximate surface area is 291 Å². The summed E-state index contributed by atoms with van der Waals surface area (Å²) in [7, 11) is 0. The van der Waals surface area contributed by atoms with Crippen LogP contribution >= 0.6 is 0 Å². The van der Waals surface area contributed by atoms with Gasteiger partial charge in [0.1, 0.15) is 0 Å². The third-order valence-electron chi connectivity index (χ3n) is 9.02. The number of hydrogen-bond donors (Lipinski definition) is 0. The van der Waals surface area contributed by atoms with Gasteiger partial charge in [0, 0.05) is 54.9 Å². The second-order valence-electron chi connectivity index (χ2n) is 15.0. The van der Waals surface area contributed by atoms with Crippen molar-refractivity contribution in [3.63, 3.8) is 0 Å². The van der Waals surface area contributed by atoms with Gasteiger partial charge in [-0.3, -0.25) is 9.78 Å². The van der Waals surface area contributed by atoms with Crippen molar-refractivity contribution < 1.29 is 20.1 Å². The average Bonchev–Trinajstić information content (AvgIpc) is 3.52. The molecule has 6 aromatic rings. The molecule has 4 aromatic heterocycles. The first-order chi connectivity index (χ1) is 21.6. The van der Waals surface area contributed by atoms with E-state index in [0.717, 1.165) is 45.7 Å². The molecule has 0 aliphatic heterocycles. The predicted octanol–water partition coefficient (Wildman–Crippen LogP) is 8.56. The zero-order valence-electron chi connectivity index (χ0n) is 29.0. The number of hydrogen-bond acceptors (Lipinski definition) is 4. The van der Waals surface area contributed by atoms with Gasteiger partial charge in [-0.25, -0.2) is 4.98 Å². The summed E-state index contributed by atoms with van der Waals surface area (Å²) in [6.07, 6.45) is 6.80. The Kier molecular flexibility index (Phi) is 8.98. The summed E-state index contributed by atoms with van der Waals surface area (Å²) in [5.41, 5.74) is 10.0. The summed E-state index contributed by atoms with van der Waals surface area (Å²) in [6.45, 7) is 21.5. The Morgan fingerprint density at radius 2 is 1.60 bits per heavy atom. The third kappa shape index (κ3) is 6.24. The van der Waals surface area contributed by atoms with E-state index in [1.165, 1.54) is 22.4 Å². The van der Waals surface area contributed by atoms with E-state index in [1.54, 1.807) is 0 Å². The summed E-state index contributed by atoms with van der Waals surface area (Å²) in [6, 6.07) is 22.9. The van der Waals surface area contributed by atoms with Crippen LogP contribution < -0.4 is 5.56 Å².